The quantitative estimate of drug-likeness (QED) is 0.133. The van der Waals surface area contributed by atoms with Gasteiger partial charge in [0.25, 0.3) is 0 Å². The van der Waals surface area contributed by atoms with Gasteiger partial charge < -0.3 is 0 Å². The first kappa shape index (κ1) is 96.5. The number of fused-ring (bicyclic) bond motifs is 3. The Labute approximate surface area is 599 Å². The molecular formula is C93H145FP2. The second-order valence-electron chi connectivity index (χ2n) is 28.7. The Bertz CT molecular complexity index is 3100. The molecule has 0 N–H and O–H groups in total. The van der Waals surface area contributed by atoms with Crippen LogP contribution in [-0.2, 0) is 37.9 Å². The first-order chi connectivity index (χ1) is 45.1. The molecule has 96 heavy (non-hydrogen) atoms. The van der Waals surface area contributed by atoms with Crippen LogP contribution in [-0.4, -0.2) is 6.16 Å². The Balaban J connectivity index is -0.000000501. The minimum atomic E-state index is -0.154. The third kappa shape index (κ3) is 38.3. The third-order valence-electron chi connectivity index (χ3n) is 14.2. The van der Waals surface area contributed by atoms with Crippen molar-refractivity contribution in [2.45, 2.75) is 280 Å². The first-order valence-electron chi connectivity index (χ1n) is 36.6. The molecule has 534 valence electrons. The molecule has 2 unspecified atom stereocenters. The van der Waals surface area contributed by atoms with Crippen molar-refractivity contribution in [3.05, 3.63) is 262 Å². The molecular weight excluding hydrogens is 1200 g/mol. The summed E-state index contributed by atoms with van der Waals surface area (Å²) in [6.07, 6.45) is 5.77. The minimum Gasteiger partial charge on any atom is -0.207 e. The normalized spacial score (nSPS) is 11.3. The third-order valence-corrected chi connectivity index (χ3v) is 16.7. The summed E-state index contributed by atoms with van der Waals surface area (Å²) in [5.74, 6) is 2.12. The number of benzene rings is 8. The van der Waals surface area contributed by atoms with Gasteiger partial charge in [-0.25, -0.2) is 4.39 Å². The molecule has 0 aliphatic carbocycles. The van der Waals surface area contributed by atoms with Gasteiger partial charge in [-0.15, -0.1) is 8.19 Å². The summed E-state index contributed by atoms with van der Waals surface area (Å²) < 4.78 is 13.4. The summed E-state index contributed by atoms with van der Waals surface area (Å²) in [5, 5.41) is 6.68. The van der Waals surface area contributed by atoms with E-state index in [1.54, 1.807) is 22.6 Å². The topological polar surface area (TPSA) is 0 Å². The van der Waals surface area contributed by atoms with E-state index in [-0.39, 0.29) is 22.1 Å². The summed E-state index contributed by atoms with van der Waals surface area (Å²) in [5.41, 5.74) is 12.8. The van der Waals surface area contributed by atoms with E-state index < -0.39 is 0 Å². The predicted molar refractivity (Wildman–Crippen MR) is 452 cm³/mol. The Morgan fingerprint density at radius 1 is 0.292 bits per heavy atom. The van der Waals surface area contributed by atoms with Gasteiger partial charge in [0, 0.05) is 5.12 Å². The Kier molecular flexibility index (Phi) is 50.8. The van der Waals surface area contributed by atoms with Gasteiger partial charge in [0.2, 0.25) is 0 Å². The van der Waals surface area contributed by atoms with Crippen molar-refractivity contribution in [3.8, 4) is 0 Å². The van der Waals surface area contributed by atoms with Crippen LogP contribution in [0.25, 0.3) is 27.4 Å². The zero-order chi connectivity index (χ0) is 75.2. The average molecular weight is 1340 g/mol. The largest absolute Gasteiger partial charge is 0.207 e. The fourth-order valence-electron chi connectivity index (χ4n) is 9.24. The van der Waals surface area contributed by atoms with E-state index in [0.29, 0.717) is 21.7 Å². The highest BCUT2D eigenvalue weighted by atomic mass is 31.1. The fourth-order valence-corrected chi connectivity index (χ4v) is 12.1. The van der Waals surface area contributed by atoms with Crippen LogP contribution in [0.5, 0.6) is 0 Å². The van der Waals surface area contributed by atoms with Gasteiger partial charge in [-0.2, -0.15) is 0 Å². The van der Waals surface area contributed by atoms with Crippen LogP contribution in [0.1, 0.15) is 287 Å². The monoisotopic (exact) mass is 1340 g/mol. The molecule has 0 saturated carbocycles. The molecule has 0 bridgehead atoms. The molecule has 1 aliphatic heterocycles. The van der Waals surface area contributed by atoms with Crippen molar-refractivity contribution >= 4 is 49.4 Å². The SMILES string of the molecule is CC.CC.CC.CC.CC.CC.CC.CC(C)(C)c1cc(F)cc2ccccc12.CC(C)(C)c1cccc2c1PCC=C2.CC(C)(C)c1cccc2cc[pH]c12.CC(C)(C)c1ccccc1.CC(C)(C)c1ccccc1.CC(C)(C)c1ccccc1.CC(C)(C)c1ccccc1. The zero-order valence-corrected chi connectivity index (χ0v) is 70.4. The predicted octanol–water partition coefficient (Wildman–Crippen LogP) is 30.9. The molecule has 2 atom stereocenters. The molecule has 2 heterocycles. The van der Waals surface area contributed by atoms with E-state index in [4.69, 9.17) is 0 Å². The lowest BCUT2D eigenvalue weighted by molar-refractivity contribution is 0.578. The number of rotatable bonds is 0. The van der Waals surface area contributed by atoms with Gasteiger partial charge in [0.1, 0.15) is 5.82 Å². The summed E-state index contributed by atoms with van der Waals surface area (Å²) in [7, 11) is 1.83. The maximum Gasteiger partial charge on any atom is 0.124 e. The lowest BCUT2D eigenvalue weighted by Crippen LogP contribution is -2.22. The zero-order valence-electron chi connectivity index (χ0n) is 68.4. The van der Waals surface area contributed by atoms with E-state index in [2.05, 4.69) is 333 Å². The Morgan fingerprint density at radius 2 is 0.604 bits per heavy atom. The minimum absolute atomic E-state index is 0.0261. The number of halogens is 1. The Morgan fingerprint density at radius 3 is 0.938 bits per heavy atom. The highest BCUT2D eigenvalue weighted by molar-refractivity contribution is 7.48. The van der Waals surface area contributed by atoms with Gasteiger partial charge in [0.15, 0.2) is 0 Å². The lowest BCUT2D eigenvalue weighted by atomic mass is 9.83. The van der Waals surface area contributed by atoms with Crippen LogP contribution in [0.3, 0.4) is 0 Å². The fraction of sp³-hybridized carbons (Fsp3) is 0.462. The van der Waals surface area contributed by atoms with Crippen LogP contribution in [0.15, 0.2) is 212 Å². The number of allylic oxidation sites excluding steroid dienone is 1. The molecule has 1 aromatic heterocycles. The van der Waals surface area contributed by atoms with Crippen molar-refractivity contribution < 1.29 is 4.39 Å². The molecule has 3 heteroatoms. The Hall–Kier alpha value is -5.84. The molecule has 8 aromatic carbocycles. The molecule has 9 aromatic rings. The van der Waals surface area contributed by atoms with E-state index >= 15 is 0 Å². The summed E-state index contributed by atoms with van der Waals surface area (Å²) in [6.45, 7) is 74.8. The van der Waals surface area contributed by atoms with Crippen molar-refractivity contribution in [3.63, 3.8) is 0 Å². The van der Waals surface area contributed by atoms with Crippen LogP contribution >= 0.6 is 16.8 Å². The molecule has 0 fully saturated rings. The maximum absolute atomic E-state index is 13.4. The van der Waals surface area contributed by atoms with Crippen molar-refractivity contribution in [2.24, 2.45) is 0 Å². The lowest BCUT2D eigenvalue weighted by Gasteiger charge is -2.25. The number of hydrogen-bond donors (Lipinski definition) is 0. The average Bonchev–Trinajstić information content (AvgIpc) is 1.03. The molecule has 0 saturated heterocycles. The smallest absolute Gasteiger partial charge is 0.124 e. The van der Waals surface area contributed by atoms with Crippen LogP contribution in [0, 0.1) is 5.82 Å². The molecule has 1 aliphatic rings. The highest BCUT2D eigenvalue weighted by Crippen LogP contribution is 2.36. The van der Waals surface area contributed by atoms with Crippen LogP contribution in [0.4, 0.5) is 4.39 Å². The van der Waals surface area contributed by atoms with Gasteiger partial charge in [-0.1, -0.05) is 451 Å². The van der Waals surface area contributed by atoms with Gasteiger partial charge >= 0.3 is 0 Å². The summed E-state index contributed by atoms with van der Waals surface area (Å²) in [4.78, 5) is 0. The van der Waals surface area contributed by atoms with Crippen molar-refractivity contribution in [1.82, 2.24) is 0 Å². The standard InChI is InChI=1S/C14H15F.C13H17P.C12H15P.4C10H14.7C2H6/c1-14(2,3)13-9-11(15)8-10-6-4-5-7-12(10)13;1-13(2,3)11-8-4-6-10-7-5-9-14-12(10)11;1-12(2,3)10-6-4-5-9-7-8-13-11(9)10;4*1-10(2,3)9-7-5-4-6-8-9;7*1-2/h4-9H,1-3H3;4-8,14H,9H2,1-3H3;4-8,13H,1-3H3;4*4-8H,1-3H3;7*1-2H3. The summed E-state index contributed by atoms with van der Waals surface area (Å²) >= 11 is 0. The van der Waals surface area contributed by atoms with Crippen molar-refractivity contribution in [1.29, 1.82) is 0 Å². The molecule has 0 amide bonds. The van der Waals surface area contributed by atoms with E-state index in [0.717, 1.165) is 33.1 Å². The second-order valence-corrected chi connectivity index (χ2v) is 31.1. The first-order valence-corrected chi connectivity index (χ1v) is 38.9. The van der Waals surface area contributed by atoms with E-state index in [9.17, 15) is 4.39 Å². The van der Waals surface area contributed by atoms with E-state index in [1.807, 2.05) is 115 Å². The van der Waals surface area contributed by atoms with Gasteiger partial charge in [-0.3, -0.25) is 0 Å². The van der Waals surface area contributed by atoms with Crippen LogP contribution in [0.2, 0.25) is 0 Å². The van der Waals surface area contributed by atoms with Crippen molar-refractivity contribution in [2.75, 3.05) is 6.16 Å². The molecule has 0 spiro atoms. The molecule has 0 radical (unpaired) electrons. The van der Waals surface area contributed by atoms with Gasteiger partial charge in [-0.05, 0) is 128 Å². The summed E-state index contributed by atoms with van der Waals surface area (Å²) in [6, 6.07) is 68.9. The molecule has 0 nitrogen and oxygen atoms in total. The van der Waals surface area contributed by atoms with E-state index in [1.165, 1.54) is 50.5 Å². The molecule has 10 rings (SSSR count). The second kappa shape index (κ2) is 50.5. The van der Waals surface area contributed by atoms with Crippen LogP contribution < -0.4 is 5.30 Å². The highest BCUT2D eigenvalue weighted by Gasteiger charge is 2.21. The maximum atomic E-state index is 13.4. The number of hydrogen-bond acceptors (Lipinski definition) is 0. The van der Waals surface area contributed by atoms with Gasteiger partial charge in [0.05, 0.1) is 0 Å².